The standard InChI is InChI=1S/C39H46N6O6/c1-51-38(48)34(27-30-23-24-31-18-10-11-19-32(31)26-30)41-36(46)22-12-21-35(45(49)50)42-39(40)44-43-37(47)33(25-29-16-6-3-7-17-29)20-9-8-15-28-13-4-2-5-14-28/h2-7,10-11,13-14,16-19,23-24,26,33-35H,8-9,12,15,20-22,25,27H2,1H3,(H,41,46)(H,43,47)(H3,40,42,44)/t33-,34+,35?/m0/s1. The van der Waals surface area contributed by atoms with Gasteiger partial charge in [-0.3, -0.25) is 30.6 Å². The van der Waals surface area contributed by atoms with Gasteiger partial charge in [-0.05, 0) is 59.6 Å². The van der Waals surface area contributed by atoms with E-state index in [0.29, 0.717) is 12.8 Å². The number of amides is 2. The lowest BCUT2D eigenvalue weighted by Gasteiger charge is -2.18. The van der Waals surface area contributed by atoms with Crippen LogP contribution in [0.25, 0.3) is 10.8 Å². The molecule has 4 aromatic carbocycles. The maximum Gasteiger partial charge on any atom is 0.328 e. The molecular weight excluding hydrogens is 648 g/mol. The van der Waals surface area contributed by atoms with Crippen molar-refractivity contribution in [3.8, 4) is 0 Å². The number of nitrogens with two attached hydrogens (primary N) is 1. The van der Waals surface area contributed by atoms with Crippen LogP contribution in [0.2, 0.25) is 0 Å². The number of ether oxygens (including phenoxy) is 1. The Labute approximate surface area is 298 Å². The lowest BCUT2D eigenvalue weighted by atomic mass is 9.92. The van der Waals surface area contributed by atoms with Crippen LogP contribution in [0, 0.1) is 16.0 Å². The molecular formula is C39H46N6O6. The molecule has 4 aromatic rings. The second kappa shape index (κ2) is 20.0. The highest BCUT2D eigenvalue weighted by atomic mass is 16.6. The van der Waals surface area contributed by atoms with Gasteiger partial charge in [-0.2, -0.15) is 4.99 Å². The molecule has 12 heteroatoms. The van der Waals surface area contributed by atoms with Gasteiger partial charge in [0.1, 0.15) is 6.04 Å². The molecule has 2 amide bonds. The third-order valence-corrected chi connectivity index (χ3v) is 8.59. The zero-order chi connectivity index (χ0) is 36.4. The predicted molar refractivity (Wildman–Crippen MR) is 197 cm³/mol. The van der Waals surface area contributed by atoms with Crippen LogP contribution in [0.4, 0.5) is 0 Å². The van der Waals surface area contributed by atoms with Crippen LogP contribution < -0.4 is 21.9 Å². The van der Waals surface area contributed by atoms with Gasteiger partial charge in [-0.1, -0.05) is 110 Å². The molecule has 0 fully saturated rings. The van der Waals surface area contributed by atoms with E-state index in [4.69, 9.17) is 10.5 Å². The molecule has 3 atom stereocenters. The SMILES string of the molecule is COC(=O)[C@@H](Cc1ccc2ccccc2c1)NC(=O)CCCC(N=C(N)NNC(=O)[C@@H](CCCCc1ccccc1)Cc1ccccc1)[N+](=O)[O-]. The number of hydrazine groups is 1. The van der Waals surface area contributed by atoms with E-state index >= 15 is 0 Å². The van der Waals surface area contributed by atoms with Crippen molar-refractivity contribution in [2.75, 3.05) is 7.11 Å². The van der Waals surface area contributed by atoms with Crippen molar-refractivity contribution in [2.24, 2.45) is 16.6 Å². The molecule has 0 aliphatic heterocycles. The summed E-state index contributed by atoms with van der Waals surface area (Å²) in [5, 5.41) is 16.5. The first kappa shape index (κ1) is 38.0. The van der Waals surface area contributed by atoms with Gasteiger partial charge < -0.3 is 15.8 Å². The van der Waals surface area contributed by atoms with Crippen LogP contribution in [0.1, 0.15) is 55.2 Å². The van der Waals surface area contributed by atoms with Gasteiger partial charge in [0, 0.05) is 30.1 Å². The maximum atomic E-state index is 13.2. The minimum absolute atomic E-state index is 0.0828. The number of nitro groups is 1. The summed E-state index contributed by atoms with van der Waals surface area (Å²) in [4.78, 5) is 53.6. The van der Waals surface area contributed by atoms with Gasteiger partial charge in [0.05, 0.1) is 7.11 Å². The van der Waals surface area contributed by atoms with Gasteiger partial charge in [-0.15, -0.1) is 0 Å². The number of nitrogens with zero attached hydrogens (tertiary/aromatic N) is 2. The summed E-state index contributed by atoms with van der Waals surface area (Å²) >= 11 is 0. The zero-order valence-corrected chi connectivity index (χ0v) is 28.8. The number of esters is 1. The van der Waals surface area contributed by atoms with E-state index in [-0.39, 0.29) is 43.5 Å². The zero-order valence-electron chi connectivity index (χ0n) is 28.8. The van der Waals surface area contributed by atoms with Crippen molar-refractivity contribution in [1.82, 2.24) is 16.2 Å². The number of unbranched alkanes of at least 4 members (excludes halogenated alkanes) is 1. The summed E-state index contributed by atoms with van der Waals surface area (Å²) in [5.41, 5.74) is 14.1. The van der Waals surface area contributed by atoms with E-state index in [0.717, 1.165) is 41.2 Å². The van der Waals surface area contributed by atoms with Gasteiger partial charge >= 0.3 is 12.1 Å². The first-order valence-electron chi connectivity index (χ1n) is 17.2. The van der Waals surface area contributed by atoms with Crippen molar-refractivity contribution < 1.29 is 24.0 Å². The van der Waals surface area contributed by atoms with E-state index in [1.165, 1.54) is 12.7 Å². The van der Waals surface area contributed by atoms with Gasteiger partial charge in [0.15, 0.2) is 0 Å². The largest absolute Gasteiger partial charge is 0.467 e. The predicted octanol–water partition coefficient (Wildman–Crippen LogP) is 5.02. The van der Waals surface area contributed by atoms with Gasteiger partial charge in [-0.25, -0.2) is 4.79 Å². The quantitative estimate of drug-likeness (QED) is 0.0280. The van der Waals surface area contributed by atoms with E-state index < -0.39 is 29.0 Å². The monoisotopic (exact) mass is 694 g/mol. The number of guanidine groups is 1. The molecule has 0 saturated heterocycles. The molecule has 0 spiro atoms. The summed E-state index contributed by atoms with van der Waals surface area (Å²) in [6.45, 7) is 0. The van der Waals surface area contributed by atoms with Crippen LogP contribution in [0.15, 0.2) is 108 Å². The highest BCUT2D eigenvalue weighted by Crippen LogP contribution is 2.19. The molecule has 0 aromatic heterocycles. The van der Waals surface area contributed by atoms with E-state index in [9.17, 15) is 24.5 Å². The first-order chi connectivity index (χ1) is 24.7. The second-order valence-electron chi connectivity index (χ2n) is 12.4. The third-order valence-electron chi connectivity index (χ3n) is 8.59. The fourth-order valence-corrected chi connectivity index (χ4v) is 5.88. The lowest BCUT2D eigenvalue weighted by molar-refractivity contribution is -0.521. The van der Waals surface area contributed by atoms with Crippen LogP contribution in [0.3, 0.4) is 0 Å². The molecule has 0 radical (unpaired) electrons. The number of carbonyl (C=O) groups excluding carboxylic acids is 3. The Morgan fingerprint density at radius 1 is 0.784 bits per heavy atom. The van der Waals surface area contributed by atoms with Crippen molar-refractivity contribution in [3.05, 3.63) is 130 Å². The Kier molecular flexibility index (Phi) is 14.9. The normalized spacial score (nSPS) is 13.1. The summed E-state index contributed by atoms with van der Waals surface area (Å²) in [6, 6.07) is 32.6. The van der Waals surface area contributed by atoms with E-state index in [2.05, 4.69) is 33.3 Å². The van der Waals surface area contributed by atoms with Crippen molar-refractivity contribution in [2.45, 2.75) is 70.0 Å². The molecule has 0 heterocycles. The molecule has 5 N–H and O–H groups in total. The van der Waals surface area contributed by atoms with E-state index in [1.54, 1.807) is 0 Å². The number of benzene rings is 4. The number of aryl methyl sites for hydroxylation is 1. The molecule has 0 bridgehead atoms. The fraction of sp³-hybridized carbons (Fsp3) is 0.333. The Morgan fingerprint density at radius 2 is 1.45 bits per heavy atom. The second-order valence-corrected chi connectivity index (χ2v) is 12.4. The average Bonchev–Trinajstić information content (AvgIpc) is 3.14. The number of aliphatic imine (C=N–C) groups is 1. The maximum absolute atomic E-state index is 13.2. The summed E-state index contributed by atoms with van der Waals surface area (Å²) < 4.78 is 4.90. The van der Waals surface area contributed by atoms with Crippen molar-refractivity contribution in [3.63, 3.8) is 0 Å². The molecule has 0 saturated carbocycles. The summed E-state index contributed by atoms with van der Waals surface area (Å²) in [6.07, 6.45) is 2.54. The van der Waals surface area contributed by atoms with Gasteiger partial charge in [0.25, 0.3) is 0 Å². The Morgan fingerprint density at radius 3 is 2.14 bits per heavy atom. The highest BCUT2D eigenvalue weighted by Gasteiger charge is 2.24. The van der Waals surface area contributed by atoms with Crippen molar-refractivity contribution >= 4 is 34.5 Å². The third kappa shape index (κ3) is 12.9. The number of nitrogens with one attached hydrogen (secondary N) is 3. The molecule has 1 unspecified atom stereocenters. The molecule has 0 aliphatic rings. The number of fused-ring (bicyclic) bond motifs is 1. The smallest absolute Gasteiger partial charge is 0.328 e. The van der Waals surface area contributed by atoms with Crippen LogP contribution >= 0.6 is 0 Å². The minimum atomic E-state index is -1.45. The molecule has 268 valence electrons. The minimum Gasteiger partial charge on any atom is -0.467 e. The van der Waals surface area contributed by atoms with Crippen molar-refractivity contribution in [1.29, 1.82) is 0 Å². The molecule has 51 heavy (non-hydrogen) atoms. The molecule has 0 aliphatic carbocycles. The molecule has 12 nitrogen and oxygen atoms in total. The van der Waals surface area contributed by atoms with Gasteiger partial charge in [0.2, 0.25) is 17.8 Å². The highest BCUT2D eigenvalue weighted by molar-refractivity contribution is 5.86. The van der Waals surface area contributed by atoms with Crippen LogP contribution in [-0.4, -0.2) is 48.0 Å². The topological polar surface area (TPSA) is 178 Å². The Bertz CT molecular complexity index is 1770. The fourth-order valence-electron chi connectivity index (χ4n) is 5.88. The Balaban J connectivity index is 1.26. The number of carbonyl (C=O) groups is 3. The summed E-state index contributed by atoms with van der Waals surface area (Å²) in [7, 11) is 1.25. The first-order valence-corrected chi connectivity index (χ1v) is 17.2. The van der Waals surface area contributed by atoms with Crippen LogP contribution in [0.5, 0.6) is 0 Å². The van der Waals surface area contributed by atoms with Crippen LogP contribution in [-0.2, 0) is 38.4 Å². The average molecular weight is 695 g/mol. The number of rotatable bonds is 18. The van der Waals surface area contributed by atoms with E-state index in [1.807, 2.05) is 91.0 Å². The number of hydrogen-bond donors (Lipinski definition) is 4. The molecule has 4 rings (SSSR count). The Hall–Kier alpha value is -5.78. The summed E-state index contributed by atoms with van der Waals surface area (Å²) in [5.74, 6) is -2.02. The number of hydrogen-bond acceptors (Lipinski definition) is 7. The lowest BCUT2D eigenvalue weighted by Crippen LogP contribution is -2.48. The number of methoxy groups -OCH3 is 1.